The van der Waals surface area contributed by atoms with E-state index in [0.29, 0.717) is 30.9 Å². The van der Waals surface area contributed by atoms with Gasteiger partial charge in [-0.3, -0.25) is 4.79 Å². The van der Waals surface area contributed by atoms with Crippen molar-refractivity contribution in [1.82, 2.24) is 5.32 Å². The van der Waals surface area contributed by atoms with Gasteiger partial charge in [-0.25, -0.2) is 4.79 Å². The van der Waals surface area contributed by atoms with Crippen LogP contribution in [0.4, 0.5) is 0 Å². The molecular weight excluding hydrogens is 274 g/mol. The Balaban J connectivity index is 1.96. The number of hydrogen-bond donors (Lipinski definition) is 1. The SMILES string of the molecule is CCOC(=O)c1cccc(O[C@H]2CN[C@H](C(=O)OC)C2)c1. The van der Waals surface area contributed by atoms with Gasteiger partial charge in [-0.15, -0.1) is 0 Å². The first kappa shape index (κ1) is 15.3. The van der Waals surface area contributed by atoms with Crippen molar-refractivity contribution in [3.8, 4) is 5.75 Å². The Kier molecular flexibility index (Phi) is 5.16. The molecule has 0 bridgehead atoms. The van der Waals surface area contributed by atoms with Gasteiger partial charge in [0.25, 0.3) is 0 Å². The summed E-state index contributed by atoms with van der Waals surface area (Å²) in [4.78, 5) is 23.1. The van der Waals surface area contributed by atoms with Crippen molar-refractivity contribution in [2.45, 2.75) is 25.5 Å². The lowest BCUT2D eigenvalue weighted by Gasteiger charge is -2.13. The van der Waals surface area contributed by atoms with Crippen LogP contribution < -0.4 is 10.1 Å². The summed E-state index contributed by atoms with van der Waals surface area (Å²) in [6.07, 6.45) is 0.405. The molecule has 6 heteroatoms. The quantitative estimate of drug-likeness (QED) is 0.821. The third-order valence-corrected chi connectivity index (χ3v) is 3.22. The molecule has 1 aromatic rings. The van der Waals surface area contributed by atoms with Gasteiger partial charge in [0.1, 0.15) is 17.9 Å². The third-order valence-electron chi connectivity index (χ3n) is 3.22. The summed E-state index contributed by atoms with van der Waals surface area (Å²) in [6.45, 7) is 2.65. The molecular formula is C15H19NO5. The fourth-order valence-corrected chi connectivity index (χ4v) is 2.22. The van der Waals surface area contributed by atoms with Crippen LogP contribution in [0.2, 0.25) is 0 Å². The summed E-state index contributed by atoms with van der Waals surface area (Å²) in [5.41, 5.74) is 0.449. The van der Waals surface area contributed by atoms with Crippen LogP contribution in [-0.2, 0) is 14.3 Å². The number of hydrogen-bond acceptors (Lipinski definition) is 6. The first-order valence-electron chi connectivity index (χ1n) is 6.89. The second-order valence-corrected chi connectivity index (χ2v) is 4.71. The zero-order chi connectivity index (χ0) is 15.2. The van der Waals surface area contributed by atoms with E-state index >= 15 is 0 Å². The minimum Gasteiger partial charge on any atom is -0.489 e. The number of benzene rings is 1. The number of rotatable bonds is 5. The highest BCUT2D eigenvalue weighted by atomic mass is 16.5. The van der Waals surface area contributed by atoms with Gasteiger partial charge in [-0.2, -0.15) is 0 Å². The Morgan fingerprint density at radius 2 is 2.19 bits per heavy atom. The molecule has 21 heavy (non-hydrogen) atoms. The summed E-state index contributed by atoms with van der Waals surface area (Å²) >= 11 is 0. The smallest absolute Gasteiger partial charge is 0.338 e. The van der Waals surface area contributed by atoms with E-state index in [0.717, 1.165) is 0 Å². The van der Waals surface area contributed by atoms with E-state index in [9.17, 15) is 9.59 Å². The summed E-state index contributed by atoms with van der Waals surface area (Å²) < 4.78 is 15.4. The van der Waals surface area contributed by atoms with Gasteiger partial charge in [0.15, 0.2) is 0 Å². The van der Waals surface area contributed by atoms with Crippen molar-refractivity contribution < 1.29 is 23.8 Å². The maximum atomic E-state index is 11.7. The Bertz CT molecular complexity index is 517. The van der Waals surface area contributed by atoms with E-state index in [1.807, 2.05) is 0 Å². The van der Waals surface area contributed by atoms with Crippen molar-refractivity contribution >= 4 is 11.9 Å². The Labute approximate surface area is 123 Å². The Morgan fingerprint density at radius 1 is 1.38 bits per heavy atom. The van der Waals surface area contributed by atoms with Crippen LogP contribution in [0, 0.1) is 0 Å². The molecule has 0 aromatic heterocycles. The van der Waals surface area contributed by atoms with Crippen molar-refractivity contribution in [3.63, 3.8) is 0 Å². The van der Waals surface area contributed by atoms with Crippen LogP contribution >= 0.6 is 0 Å². The number of carbonyl (C=O) groups excluding carboxylic acids is 2. The number of esters is 2. The standard InChI is InChI=1S/C15H19NO5/c1-3-20-14(17)10-5-4-6-11(7-10)21-12-8-13(16-9-12)15(18)19-2/h4-7,12-13,16H,3,8-9H2,1-2H3/t12-,13+/m1/s1. The lowest BCUT2D eigenvalue weighted by Crippen LogP contribution is -2.31. The molecule has 1 aromatic carbocycles. The predicted molar refractivity (Wildman–Crippen MR) is 75.2 cm³/mol. The molecule has 0 unspecified atom stereocenters. The second-order valence-electron chi connectivity index (χ2n) is 4.71. The molecule has 1 aliphatic heterocycles. The fourth-order valence-electron chi connectivity index (χ4n) is 2.22. The van der Waals surface area contributed by atoms with Gasteiger partial charge in [0, 0.05) is 13.0 Å². The molecule has 1 N–H and O–H groups in total. The summed E-state index contributed by atoms with van der Waals surface area (Å²) in [6, 6.07) is 6.49. The molecule has 0 saturated carbocycles. The van der Waals surface area contributed by atoms with Crippen molar-refractivity contribution in [2.75, 3.05) is 20.3 Å². The van der Waals surface area contributed by atoms with Crippen molar-refractivity contribution in [3.05, 3.63) is 29.8 Å². The van der Waals surface area contributed by atoms with E-state index < -0.39 is 0 Å². The fraction of sp³-hybridized carbons (Fsp3) is 0.467. The lowest BCUT2D eigenvalue weighted by molar-refractivity contribution is -0.142. The van der Waals surface area contributed by atoms with E-state index in [2.05, 4.69) is 5.32 Å². The van der Waals surface area contributed by atoms with Crippen LogP contribution in [0.1, 0.15) is 23.7 Å². The van der Waals surface area contributed by atoms with E-state index in [1.54, 1.807) is 31.2 Å². The summed E-state index contributed by atoms with van der Waals surface area (Å²) in [5.74, 6) is -0.0841. The molecule has 1 aliphatic rings. The lowest BCUT2D eigenvalue weighted by atomic mass is 10.2. The monoisotopic (exact) mass is 293 g/mol. The maximum Gasteiger partial charge on any atom is 0.338 e. The van der Waals surface area contributed by atoms with Crippen molar-refractivity contribution in [1.29, 1.82) is 0 Å². The van der Waals surface area contributed by atoms with E-state index in [-0.39, 0.29) is 24.1 Å². The van der Waals surface area contributed by atoms with E-state index in [4.69, 9.17) is 14.2 Å². The highest BCUT2D eigenvalue weighted by Crippen LogP contribution is 2.19. The molecule has 0 amide bonds. The molecule has 1 heterocycles. The van der Waals surface area contributed by atoms with Crippen LogP contribution in [0.15, 0.2) is 24.3 Å². The largest absolute Gasteiger partial charge is 0.489 e. The average Bonchev–Trinajstić information content (AvgIpc) is 2.95. The topological polar surface area (TPSA) is 73.9 Å². The van der Waals surface area contributed by atoms with E-state index in [1.165, 1.54) is 7.11 Å². The average molecular weight is 293 g/mol. The number of ether oxygens (including phenoxy) is 3. The Morgan fingerprint density at radius 3 is 2.90 bits per heavy atom. The Hall–Kier alpha value is -2.08. The van der Waals surface area contributed by atoms with Crippen LogP contribution in [0.3, 0.4) is 0 Å². The summed E-state index contributed by atoms with van der Waals surface area (Å²) in [5, 5.41) is 3.04. The first-order valence-corrected chi connectivity index (χ1v) is 6.89. The first-order chi connectivity index (χ1) is 10.1. The minimum absolute atomic E-state index is 0.133. The zero-order valence-corrected chi connectivity index (χ0v) is 12.1. The van der Waals surface area contributed by atoms with Crippen molar-refractivity contribution in [2.24, 2.45) is 0 Å². The molecule has 1 saturated heterocycles. The molecule has 0 spiro atoms. The van der Waals surface area contributed by atoms with Crippen LogP contribution in [-0.4, -0.2) is 44.3 Å². The molecule has 2 atom stereocenters. The highest BCUT2D eigenvalue weighted by molar-refractivity contribution is 5.89. The van der Waals surface area contributed by atoms with Gasteiger partial charge in [-0.05, 0) is 25.1 Å². The van der Waals surface area contributed by atoms with Gasteiger partial charge in [0.2, 0.25) is 0 Å². The van der Waals surface area contributed by atoms with Gasteiger partial charge in [0.05, 0.1) is 19.3 Å². The number of methoxy groups -OCH3 is 1. The molecule has 2 rings (SSSR count). The van der Waals surface area contributed by atoms with Crippen LogP contribution in [0.25, 0.3) is 0 Å². The molecule has 0 aliphatic carbocycles. The molecule has 1 fully saturated rings. The number of nitrogens with one attached hydrogen (secondary N) is 1. The normalized spacial score (nSPS) is 20.9. The maximum absolute atomic E-state index is 11.7. The number of carbonyl (C=O) groups is 2. The molecule has 6 nitrogen and oxygen atoms in total. The minimum atomic E-state index is -0.375. The third kappa shape index (κ3) is 3.95. The van der Waals surface area contributed by atoms with Gasteiger partial charge < -0.3 is 19.5 Å². The molecule has 0 radical (unpaired) electrons. The molecule has 114 valence electrons. The predicted octanol–water partition coefficient (Wildman–Crippen LogP) is 1.15. The highest BCUT2D eigenvalue weighted by Gasteiger charge is 2.31. The van der Waals surface area contributed by atoms with Gasteiger partial charge >= 0.3 is 11.9 Å². The van der Waals surface area contributed by atoms with Crippen LogP contribution in [0.5, 0.6) is 5.75 Å². The second kappa shape index (κ2) is 7.08. The van der Waals surface area contributed by atoms with Gasteiger partial charge in [-0.1, -0.05) is 6.07 Å². The summed E-state index contributed by atoms with van der Waals surface area (Å²) in [7, 11) is 1.36. The zero-order valence-electron chi connectivity index (χ0n) is 12.1.